The quantitative estimate of drug-likeness (QED) is 0.308. The first-order valence-corrected chi connectivity index (χ1v) is 14.6. The Bertz CT molecular complexity index is 1300. The van der Waals surface area contributed by atoms with Crippen molar-refractivity contribution in [3.63, 3.8) is 0 Å². The van der Waals surface area contributed by atoms with Gasteiger partial charge in [0.1, 0.15) is 23.1 Å². The lowest BCUT2D eigenvalue weighted by molar-refractivity contribution is -0.176. The van der Waals surface area contributed by atoms with Gasteiger partial charge in [-0.25, -0.2) is 9.59 Å². The average Bonchev–Trinajstić information content (AvgIpc) is 3.19. The third-order valence-corrected chi connectivity index (χ3v) is 10.4. The predicted molar refractivity (Wildman–Crippen MR) is 151 cm³/mol. The number of nitrogens with zero attached hydrogens (tertiary/aromatic N) is 1. The Labute approximate surface area is 245 Å². The molecule has 1 heterocycles. The molecule has 0 spiro atoms. The van der Waals surface area contributed by atoms with Crippen LogP contribution in [0, 0.1) is 29.6 Å². The number of carbonyl (C=O) groups excluding carboxylic acids is 1. The Kier molecular flexibility index (Phi) is 8.32. The zero-order valence-corrected chi connectivity index (χ0v) is 25.3. The Hall–Kier alpha value is -3.34. The highest BCUT2D eigenvalue weighted by Gasteiger charge is 2.58. The molecule has 232 valence electrons. The highest BCUT2D eigenvalue weighted by atomic mass is 16.5. The first-order chi connectivity index (χ1) is 19.5. The number of hydrogen-bond acceptors (Lipinski definition) is 7. The molecule has 2 fully saturated rings. The van der Waals surface area contributed by atoms with E-state index in [9.17, 15) is 34.5 Å². The van der Waals surface area contributed by atoms with Crippen LogP contribution in [0.15, 0.2) is 0 Å². The van der Waals surface area contributed by atoms with Gasteiger partial charge in [0.2, 0.25) is 0 Å². The summed E-state index contributed by atoms with van der Waals surface area (Å²) in [6.07, 6.45) is 3.74. The summed E-state index contributed by atoms with van der Waals surface area (Å²) in [5, 5.41) is 40.7. The molecule has 0 aromatic heterocycles. The van der Waals surface area contributed by atoms with Crippen molar-refractivity contribution in [1.82, 2.24) is 4.90 Å². The molecule has 3 aliphatic rings. The number of benzene rings is 1. The van der Waals surface area contributed by atoms with Gasteiger partial charge in [-0.15, -0.1) is 0 Å². The van der Waals surface area contributed by atoms with Gasteiger partial charge in [0.25, 0.3) is 5.91 Å². The second kappa shape index (κ2) is 11.1. The normalized spacial score (nSPS) is 28.9. The standard InChI is InChI=1S/C31H43NO10/c1-16-24(42-15-20-30(4)12-7-11-29(2,3)19(30)10-13-31(20,5)40)17-14-32(18(27(36)37)8-9-21(33)34)26(35)22(17)23(28(38)39)25(16)41-6/h18-20,40H,7-15H2,1-6H3,(H,33,34)(H,36,37)(H,38,39)/t18?,19-,20+,30-,31+/m0/s1. The molecule has 2 aliphatic carbocycles. The molecule has 5 atom stereocenters. The molecule has 0 radical (unpaired) electrons. The highest BCUT2D eigenvalue weighted by Crippen LogP contribution is 2.62. The fourth-order valence-electron chi connectivity index (χ4n) is 8.41. The van der Waals surface area contributed by atoms with E-state index in [1.165, 1.54) is 7.11 Å². The summed E-state index contributed by atoms with van der Waals surface area (Å²) < 4.78 is 12.0. The molecule has 42 heavy (non-hydrogen) atoms. The van der Waals surface area contributed by atoms with Gasteiger partial charge in [-0.1, -0.05) is 27.2 Å². The van der Waals surface area contributed by atoms with Gasteiger partial charge in [0, 0.05) is 23.5 Å². The highest BCUT2D eigenvalue weighted by molar-refractivity contribution is 6.11. The smallest absolute Gasteiger partial charge is 0.340 e. The number of hydrogen-bond donors (Lipinski definition) is 4. The van der Waals surface area contributed by atoms with Gasteiger partial charge in [0.15, 0.2) is 0 Å². The topological polar surface area (TPSA) is 171 Å². The van der Waals surface area contributed by atoms with Crippen molar-refractivity contribution in [1.29, 1.82) is 0 Å². The largest absolute Gasteiger partial charge is 0.495 e. The number of rotatable bonds is 10. The maximum Gasteiger partial charge on any atom is 0.340 e. The van der Waals surface area contributed by atoms with Crippen molar-refractivity contribution in [2.24, 2.45) is 22.7 Å². The second-order valence-corrected chi connectivity index (χ2v) is 13.4. The molecule has 11 nitrogen and oxygen atoms in total. The van der Waals surface area contributed by atoms with E-state index in [0.717, 1.165) is 30.6 Å². The number of aliphatic carboxylic acids is 2. The van der Waals surface area contributed by atoms with Crippen LogP contribution < -0.4 is 9.47 Å². The SMILES string of the molecule is COc1c(C)c(OC[C@@H]2[C@@]3(C)CCCC(C)(C)[C@@H]3CC[C@@]2(C)O)c2c(c1C(=O)O)C(=O)N(C(CCC(=O)O)C(=O)O)C2. The van der Waals surface area contributed by atoms with E-state index >= 15 is 0 Å². The van der Waals surface area contributed by atoms with E-state index in [-0.39, 0.29) is 58.9 Å². The van der Waals surface area contributed by atoms with Gasteiger partial charge in [-0.2, -0.15) is 0 Å². The molecule has 11 heteroatoms. The number of carboxylic acids is 3. The lowest BCUT2D eigenvalue weighted by atomic mass is 9.46. The summed E-state index contributed by atoms with van der Waals surface area (Å²) in [6, 6.07) is -1.48. The zero-order chi connectivity index (χ0) is 31.4. The lowest BCUT2D eigenvalue weighted by Gasteiger charge is -2.61. The first kappa shape index (κ1) is 31.6. The van der Waals surface area contributed by atoms with Crippen LogP contribution in [0.4, 0.5) is 0 Å². The number of aliphatic hydroxyl groups is 1. The van der Waals surface area contributed by atoms with Crippen molar-refractivity contribution in [2.75, 3.05) is 13.7 Å². The monoisotopic (exact) mass is 589 g/mol. The number of aromatic carboxylic acids is 1. The number of amides is 1. The Balaban J connectivity index is 1.78. The van der Waals surface area contributed by atoms with Crippen molar-refractivity contribution < 1.29 is 49.1 Å². The van der Waals surface area contributed by atoms with Crippen molar-refractivity contribution in [2.45, 2.75) is 97.8 Å². The van der Waals surface area contributed by atoms with E-state index in [2.05, 4.69) is 20.8 Å². The molecule has 1 aromatic rings. The van der Waals surface area contributed by atoms with E-state index in [0.29, 0.717) is 17.9 Å². The molecular formula is C31H43NO10. The number of ether oxygens (including phenoxy) is 2. The number of methoxy groups -OCH3 is 1. The fraction of sp³-hybridized carbons (Fsp3) is 0.677. The van der Waals surface area contributed by atoms with Gasteiger partial charge < -0.3 is 34.8 Å². The minimum atomic E-state index is -1.48. The summed E-state index contributed by atoms with van der Waals surface area (Å²) in [5.74, 6) is -4.60. The molecule has 1 unspecified atom stereocenters. The minimum absolute atomic E-state index is 0.0675. The van der Waals surface area contributed by atoms with E-state index in [1.54, 1.807) is 6.92 Å². The van der Waals surface area contributed by atoms with Crippen LogP contribution in [0.2, 0.25) is 0 Å². The number of carboxylic acid groups (broad SMARTS) is 3. The Morgan fingerprint density at radius 3 is 2.29 bits per heavy atom. The van der Waals surface area contributed by atoms with Gasteiger partial charge in [-0.3, -0.25) is 9.59 Å². The molecule has 1 aromatic carbocycles. The van der Waals surface area contributed by atoms with Gasteiger partial charge >= 0.3 is 17.9 Å². The van der Waals surface area contributed by atoms with Crippen LogP contribution >= 0.6 is 0 Å². The van der Waals surface area contributed by atoms with Gasteiger partial charge in [0.05, 0.1) is 31.4 Å². The molecule has 1 aliphatic heterocycles. The summed E-state index contributed by atoms with van der Waals surface area (Å²) in [6.45, 7) is 10.1. The first-order valence-electron chi connectivity index (χ1n) is 14.6. The fourth-order valence-corrected chi connectivity index (χ4v) is 8.41. The van der Waals surface area contributed by atoms with Crippen LogP contribution in [-0.2, 0) is 16.1 Å². The van der Waals surface area contributed by atoms with Crippen LogP contribution in [-0.4, -0.2) is 74.5 Å². The summed E-state index contributed by atoms with van der Waals surface area (Å²) in [7, 11) is 1.29. The summed E-state index contributed by atoms with van der Waals surface area (Å²) in [4.78, 5) is 50.4. The van der Waals surface area contributed by atoms with E-state index in [4.69, 9.17) is 14.6 Å². The maximum absolute atomic E-state index is 13.7. The van der Waals surface area contributed by atoms with Gasteiger partial charge in [-0.05, 0) is 62.7 Å². The molecule has 4 rings (SSSR count). The molecule has 2 saturated carbocycles. The van der Waals surface area contributed by atoms with Crippen LogP contribution in [0.25, 0.3) is 0 Å². The predicted octanol–water partition coefficient (Wildman–Crippen LogP) is 4.35. The van der Waals surface area contributed by atoms with E-state index in [1.807, 2.05) is 6.92 Å². The maximum atomic E-state index is 13.7. The van der Waals surface area contributed by atoms with Crippen LogP contribution in [0.1, 0.15) is 104 Å². The Morgan fingerprint density at radius 1 is 1.05 bits per heavy atom. The van der Waals surface area contributed by atoms with E-state index < -0.39 is 47.4 Å². The molecule has 1 amide bonds. The minimum Gasteiger partial charge on any atom is -0.495 e. The second-order valence-electron chi connectivity index (χ2n) is 13.4. The van der Waals surface area contributed by atoms with Crippen LogP contribution in [0.5, 0.6) is 11.5 Å². The summed E-state index contributed by atoms with van der Waals surface area (Å²) in [5.41, 5.74) is -1.19. The van der Waals surface area contributed by atoms with Crippen molar-refractivity contribution >= 4 is 23.8 Å². The molecule has 0 bridgehead atoms. The van der Waals surface area contributed by atoms with Crippen molar-refractivity contribution in [3.8, 4) is 11.5 Å². The lowest BCUT2D eigenvalue weighted by Crippen LogP contribution is -2.59. The van der Waals surface area contributed by atoms with Crippen molar-refractivity contribution in [3.05, 3.63) is 22.3 Å². The number of carbonyl (C=O) groups is 4. The molecular weight excluding hydrogens is 546 g/mol. The molecule has 4 N–H and O–H groups in total. The van der Waals surface area contributed by atoms with Crippen LogP contribution in [0.3, 0.4) is 0 Å². The third-order valence-electron chi connectivity index (χ3n) is 10.4. The average molecular weight is 590 g/mol. The number of fused-ring (bicyclic) bond motifs is 2. The zero-order valence-electron chi connectivity index (χ0n) is 25.3. The Morgan fingerprint density at radius 2 is 1.71 bits per heavy atom. The molecule has 0 saturated heterocycles. The summed E-state index contributed by atoms with van der Waals surface area (Å²) >= 11 is 0. The third kappa shape index (κ3) is 5.20.